The van der Waals surface area contributed by atoms with Crippen molar-refractivity contribution in [3.05, 3.63) is 87.9 Å². The number of rotatable bonds is 7. The number of nitrogens with zero attached hydrogens (tertiary/aromatic N) is 1. The SMILES string of the molecule is Fc1ccc(C(c2ccc(OCCN3CCCC3)cc2)c2cccs2)cc1. The molecule has 1 aliphatic heterocycles. The maximum atomic E-state index is 13.4. The normalized spacial score (nSPS) is 15.7. The fourth-order valence-electron chi connectivity index (χ4n) is 3.69. The van der Waals surface area contributed by atoms with Crippen LogP contribution in [0.5, 0.6) is 5.75 Å². The number of likely N-dealkylation sites (tertiary alicyclic amines) is 1. The van der Waals surface area contributed by atoms with Gasteiger partial charge in [-0.1, -0.05) is 30.3 Å². The van der Waals surface area contributed by atoms with E-state index in [2.05, 4.69) is 34.5 Å². The van der Waals surface area contributed by atoms with Crippen LogP contribution in [0.3, 0.4) is 0 Å². The van der Waals surface area contributed by atoms with E-state index in [-0.39, 0.29) is 11.7 Å². The summed E-state index contributed by atoms with van der Waals surface area (Å²) in [6, 6.07) is 19.4. The lowest BCUT2D eigenvalue weighted by atomic mass is 9.90. The molecule has 0 saturated carbocycles. The molecule has 4 heteroatoms. The summed E-state index contributed by atoms with van der Waals surface area (Å²) >= 11 is 1.73. The van der Waals surface area contributed by atoms with Crippen LogP contribution in [-0.2, 0) is 0 Å². The summed E-state index contributed by atoms with van der Waals surface area (Å²) in [5.41, 5.74) is 2.29. The minimum atomic E-state index is -0.203. The molecule has 4 rings (SSSR count). The van der Waals surface area contributed by atoms with Crippen LogP contribution in [0.15, 0.2) is 66.0 Å². The summed E-state index contributed by atoms with van der Waals surface area (Å²) in [5.74, 6) is 0.816. The highest BCUT2D eigenvalue weighted by Gasteiger charge is 2.18. The molecule has 1 aromatic heterocycles. The molecule has 1 aliphatic rings. The first kappa shape index (κ1) is 18.2. The Morgan fingerprint density at radius 1 is 0.926 bits per heavy atom. The second kappa shape index (κ2) is 8.68. The first-order valence-corrected chi connectivity index (χ1v) is 10.4. The van der Waals surface area contributed by atoms with Crippen molar-refractivity contribution in [3.63, 3.8) is 0 Å². The van der Waals surface area contributed by atoms with Crippen LogP contribution in [0.25, 0.3) is 0 Å². The van der Waals surface area contributed by atoms with Gasteiger partial charge < -0.3 is 4.74 Å². The van der Waals surface area contributed by atoms with Gasteiger partial charge in [0.1, 0.15) is 18.2 Å². The Labute approximate surface area is 164 Å². The third-order valence-electron chi connectivity index (χ3n) is 5.12. The minimum absolute atomic E-state index is 0.115. The zero-order valence-electron chi connectivity index (χ0n) is 15.3. The minimum Gasteiger partial charge on any atom is -0.492 e. The molecule has 1 atom stereocenters. The van der Waals surface area contributed by atoms with E-state index in [9.17, 15) is 4.39 Å². The number of ether oxygens (including phenoxy) is 1. The molecule has 0 aliphatic carbocycles. The van der Waals surface area contributed by atoms with Crippen molar-refractivity contribution in [1.29, 1.82) is 0 Å². The lowest BCUT2D eigenvalue weighted by Crippen LogP contribution is -2.25. The van der Waals surface area contributed by atoms with Crippen molar-refractivity contribution in [2.24, 2.45) is 0 Å². The lowest BCUT2D eigenvalue weighted by molar-refractivity contribution is 0.238. The maximum absolute atomic E-state index is 13.4. The number of benzene rings is 2. The van der Waals surface area contributed by atoms with Gasteiger partial charge in [-0.25, -0.2) is 4.39 Å². The Balaban J connectivity index is 1.48. The third kappa shape index (κ3) is 4.57. The van der Waals surface area contributed by atoms with Gasteiger partial charge in [0.15, 0.2) is 0 Å². The third-order valence-corrected chi connectivity index (χ3v) is 6.06. The molecule has 2 aromatic carbocycles. The molecule has 1 unspecified atom stereocenters. The van der Waals surface area contributed by atoms with Gasteiger partial charge in [0.25, 0.3) is 0 Å². The molecule has 2 nitrogen and oxygen atoms in total. The Morgan fingerprint density at radius 3 is 2.22 bits per heavy atom. The summed E-state index contributed by atoms with van der Waals surface area (Å²) < 4.78 is 19.3. The van der Waals surface area contributed by atoms with Crippen molar-refractivity contribution in [2.75, 3.05) is 26.2 Å². The van der Waals surface area contributed by atoms with Crippen molar-refractivity contribution in [1.82, 2.24) is 4.90 Å². The second-order valence-corrected chi connectivity index (χ2v) is 7.95. The van der Waals surface area contributed by atoms with E-state index < -0.39 is 0 Å². The average molecular weight is 382 g/mol. The van der Waals surface area contributed by atoms with Gasteiger partial charge in [-0.15, -0.1) is 11.3 Å². The molecule has 1 saturated heterocycles. The highest BCUT2D eigenvalue weighted by molar-refractivity contribution is 7.10. The zero-order chi connectivity index (χ0) is 18.5. The smallest absolute Gasteiger partial charge is 0.123 e. The molecule has 1 fully saturated rings. The Bertz CT molecular complexity index is 824. The summed E-state index contributed by atoms with van der Waals surface area (Å²) in [4.78, 5) is 3.71. The fraction of sp³-hybridized carbons (Fsp3) is 0.304. The molecule has 0 spiro atoms. The van der Waals surface area contributed by atoms with Gasteiger partial charge in [-0.3, -0.25) is 4.90 Å². The Morgan fingerprint density at radius 2 is 1.59 bits per heavy atom. The Kier molecular flexibility index (Phi) is 5.85. The molecular formula is C23H24FNOS. The first-order valence-electron chi connectivity index (χ1n) is 9.53. The van der Waals surface area contributed by atoms with Crippen molar-refractivity contribution < 1.29 is 9.13 Å². The highest BCUT2D eigenvalue weighted by atomic mass is 32.1. The van der Waals surface area contributed by atoms with Crippen LogP contribution in [0.1, 0.15) is 34.8 Å². The first-order chi connectivity index (χ1) is 13.3. The molecule has 0 N–H and O–H groups in total. The van der Waals surface area contributed by atoms with Gasteiger partial charge >= 0.3 is 0 Å². The summed E-state index contributed by atoms with van der Waals surface area (Å²) in [7, 11) is 0. The van der Waals surface area contributed by atoms with E-state index >= 15 is 0 Å². The van der Waals surface area contributed by atoms with Gasteiger partial charge in [-0.05, 0) is 72.8 Å². The molecule has 0 amide bonds. The van der Waals surface area contributed by atoms with Crippen molar-refractivity contribution >= 4 is 11.3 Å². The predicted octanol–water partition coefficient (Wildman–Crippen LogP) is 5.54. The number of hydrogen-bond donors (Lipinski definition) is 0. The monoisotopic (exact) mass is 381 g/mol. The molecule has 140 valence electrons. The van der Waals surface area contributed by atoms with Crippen LogP contribution in [0.4, 0.5) is 4.39 Å². The van der Waals surface area contributed by atoms with Gasteiger partial charge in [0, 0.05) is 17.3 Å². The number of hydrogen-bond acceptors (Lipinski definition) is 3. The standard InChI is InChI=1S/C23H24FNOS/c24-20-9-5-18(6-10-20)23(22-4-3-17-27-22)19-7-11-21(12-8-19)26-16-15-25-13-1-2-14-25/h3-12,17,23H,1-2,13-16H2. The quantitative estimate of drug-likeness (QED) is 0.533. The van der Waals surface area contributed by atoms with E-state index in [4.69, 9.17) is 4.74 Å². The van der Waals surface area contributed by atoms with Crippen molar-refractivity contribution in [3.8, 4) is 5.75 Å². The fourth-order valence-corrected chi connectivity index (χ4v) is 4.57. The van der Waals surface area contributed by atoms with E-state index in [1.54, 1.807) is 11.3 Å². The lowest BCUT2D eigenvalue weighted by Gasteiger charge is -2.18. The van der Waals surface area contributed by atoms with Crippen molar-refractivity contribution in [2.45, 2.75) is 18.8 Å². The number of halogens is 1. The molecule has 27 heavy (non-hydrogen) atoms. The second-order valence-electron chi connectivity index (χ2n) is 6.97. The van der Waals surface area contributed by atoms with Gasteiger partial charge in [0.2, 0.25) is 0 Å². The van der Waals surface area contributed by atoms with E-state index in [0.29, 0.717) is 0 Å². The van der Waals surface area contributed by atoms with E-state index in [1.165, 1.54) is 48.5 Å². The zero-order valence-corrected chi connectivity index (χ0v) is 16.1. The van der Waals surface area contributed by atoms with Crippen LogP contribution >= 0.6 is 11.3 Å². The van der Waals surface area contributed by atoms with Gasteiger partial charge in [0.05, 0.1) is 0 Å². The Hall–Kier alpha value is -2.17. The average Bonchev–Trinajstić information content (AvgIpc) is 3.39. The molecule has 2 heterocycles. The van der Waals surface area contributed by atoms with E-state index in [1.807, 2.05) is 24.3 Å². The largest absolute Gasteiger partial charge is 0.492 e. The van der Waals surface area contributed by atoms with Crippen LogP contribution in [-0.4, -0.2) is 31.1 Å². The summed E-state index contributed by atoms with van der Waals surface area (Å²) in [5, 5.41) is 2.09. The highest BCUT2D eigenvalue weighted by Crippen LogP contribution is 2.35. The molecule has 3 aromatic rings. The van der Waals surface area contributed by atoms with Crippen LogP contribution in [0.2, 0.25) is 0 Å². The molecule has 0 bridgehead atoms. The molecular weight excluding hydrogens is 357 g/mol. The van der Waals surface area contributed by atoms with E-state index in [0.717, 1.165) is 24.5 Å². The summed E-state index contributed by atoms with van der Waals surface area (Å²) in [6.45, 7) is 4.12. The van der Waals surface area contributed by atoms with Crippen LogP contribution in [0, 0.1) is 5.82 Å². The van der Waals surface area contributed by atoms with Crippen LogP contribution < -0.4 is 4.74 Å². The summed E-state index contributed by atoms with van der Waals surface area (Å²) in [6.07, 6.45) is 2.62. The number of thiophene rings is 1. The predicted molar refractivity (Wildman–Crippen MR) is 109 cm³/mol. The molecule has 0 radical (unpaired) electrons. The maximum Gasteiger partial charge on any atom is 0.123 e. The van der Waals surface area contributed by atoms with Gasteiger partial charge in [-0.2, -0.15) is 0 Å². The topological polar surface area (TPSA) is 12.5 Å².